The van der Waals surface area contributed by atoms with Gasteiger partial charge in [-0.05, 0) is 59.9 Å². The van der Waals surface area contributed by atoms with Crippen LogP contribution in [0.1, 0.15) is 34.3 Å². The summed E-state index contributed by atoms with van der Waals surface area (Å²) >= 11 is 0. The Morgan fingerprint density at radius 1 is 0.938 bits per heavy atom. The van der Waals surface area contributed by atoms with Crippen LogP contribution in [-0.4, -0.2) is 41.0 Å². The van der Waals surface area contributed by atoms with Gasteiger partial charge in [0.25, 0.3) is 0 Å². The Bertz CT molecular complexity index is 1090. The van der Waals surface area contributed by atoms with Gasteiger partial charge in [0.05, 0.1) is 12.1 Å². The second kappa shape index (κ2) is 8.65. The minimum Gasteiger partial charge on any atom is -0.390 e. The number of Topliss-reactive ketones (excluding diaryl/α,β-unsaturated/α-hetero) is 1. The quantitative estimate of drug-likeness (QED) is 0.555. The first-order valence-electron chi connectivity index (χ1n) is 11.7. The van der Waals surface area contributed by atoms with E-state index in [9.17, 15) is 9.90 Å². The fraction of sp³-hybridized carbons (Fsp3) is 0.345. The van der Waals surface area contributed by atoms with Crippen molar-refractivity contribution in [3.8, 4) is 11.1 Å². The molecule has 3 nitrogen and oxygen atoms in total. The van der Waals surface area contributed by atoms with E-state index in [1.807, 2.05) is 48.5 Å². The zero-order chi connectivity index (χ0) is 22.1. The number of hydrogen-bond donors (Lipinski definition) is 1. The molecule has 0 aromatic heterocycles. The van der Waals surface area contributed by atoms with Gasteiger partial charge in [-0.3, -0.25) is 9.69 Å². The number of benzene rings is 3. The molecule has 1 N–H and O–H groups in total. The fourth-order valence-electron chi connectivity index (χ4n) is 5.86. The highest BCUT2D eigenvalue weighted by atomic mass is 16.3. The lowest BCUT2D eigenvalue weighted by Crippen LogP contribution is -2.34. The smallest absolute Gasteiger partial charge is 0.176 e. The van der Waals surface area contributed by atoms with Crippen LogP contribution in [0.3, 0.4) is 0 Å². The first-order valence-corrected chi connectivity index (χ1v) is 11.7. The molecule has 1 saturated heterocycles. The Morgan fingerprint density at radius 2 is 1.62 bits per heavy atom. The standard InChI is InChI=1S/C29H31NO2/c1-21-8-5-6-13-27(21)23-11-7-12-24(14-23)28(31)20-30-18-25-16-29(32,17-26(25)19-30)15-22-9-3-2-4-10-22/h2-14,25-26,32H,15-20H2,1H3/t25-,26+,29+. The zero-order valence-corrected chi connectivity index (χ0v) is 18.7. The first kappa shape index (κ1) is 21.1. The van der Waals surface area contributed by atoms with Gasteiger partial charge in [-0.15, -0.1) is 0 Å². The van der Waals surface area contributed by atoms with Crippen LogP contribution in [0.4, 0.5) is 0 Å². The Hall–Kier alpha value is -2.75. The molecule has 1 aliphatic heterocycles. The minimum atomic E-state index is -0.603. The summed E-state index contributed by atoms with van der Waals surface area (Å²) < 4.78 is 0. The van der Waals surface area contributed by atoms with E-state index in [0.29, 0.717) is 18.4 Å². The van der Waals surface area contributed by atoms with Crippen molar-refractivity contribution in [1.29, 1.82) is 0 Å². The number of aliphatic hydroxyl groups is 1. The monoisotopic (exact) mass is 425 g/mol. The van der Waals surface area contributed by atoms with E-state index < -0.39 is 5.60 Å². The third-order valence-electron chi connectivity index (χ3n) is 7.32. The number of aryl methyl sites for hydroxylation is 1. The molecule has 3 aromatic rings. The van der Waals surface area contributed by atoms with E-state index >= 15 is 0 Å². The van der Waals surface area contributed by atoms with Crippen LogP contribution in [0, 0.1) is 18.8 Å². The Balaban J connectivity index is 1.21. The molecule has 1 heterocycles. The van der Waals surface area contributed by atoms with E-state index in [4.69, 9.17) is 0 Å². The topological polar surface area (TPSA) is 40.5 Å². The van der Waals surface area contributed by atoms with E-state index in [0.717, 1.165) is 43.5 Å². The van der Waals surface area contributed by atoms with E-state index in [-0.39, 0.29) is 5.78 Å². The van der Waals surface area contributed by atoms with Crippen molar-refractivity contribution in [2.75, 3.05) is 19.6 Å². The van der Waals surface area contributed by atoms with Crippen molar-refractivity contribution >= 4 is 5.78 Å². The van der Waals surface area contributed by atoms with Gasteiger partial charge in [-0.25, -0.2) is 0 Å². The van der Waals surface area contributed by atoms with Crippen molar-refractivity contribution in [2.45, 2.75) is 31.8 Å². The number of nitrogens with zero attached hydrogens (tertiary/aromatic N) is 1. The average molecular weight is 426 g/mol. The summed E-state index contributed by atoms with van der Waals surface area (Å²) in [7, 11) is 0. The number of rotatable bonds is 6. The lowest BCUT2D eigenvalue weighted by molar-refractivity contribution is 0.0355. The molecule has 3 heteroatoms. The summed E-state index contributed by atoms with van der Waals surface area (Å²) in [4.78, 5) is 15.4. The molecule has 2 aliphatic rings. The van der Waals surface area contributed by atoms with Gasteiger partial charge in [0.1, 0.15) is 0 Å². The van der Waals surface area contributed by atoms with Crippen LogP contribution in [0.25, 0.3) is 11.1 Å². The molecule has 2 fully saturated rings. The number of fused-ring (bicyclic) bond motifs is 1. The minimum absolute atomic E-state index is 0.181. The summed E-state index contributed by atoms with van der Waals surface area (Å²) in [6.07, 6.45) is 2.39. The molecule has 0 radical (unpaired) electrons. The van der Waals surface area contributed by atoms with Crippen LogP contribution in [0.5, 0.6) is 0 Å². The second-order valence-electron chi connectivity index (χ2n) is 9.83. The summed E-state index contributed by atoms with van der Waals surface area (Å²) in [5.41, 5.74) is 4.87. The maximum absolute atomic E-state index is 13.1. The zero-order valence-electron chi connectivity index (χ0n) is 18.7. The third kappa shape index (κ3) is 4.41. The molecule has 0 spiro atoms. The average Bonchev–Trinajstić information content (AvgIpc) is 3.28. The maximum Gasteiger partial charge on any atom is 0.176 e. The first-order chi connectivity index (χ1) is 15.5. The molecule has 164 valence electrons. The van der Waals surface area contributed by atoms with Gasteiger partial charge in [0, 0.05) is 25.1 Å². The van der Waals surface area contributed by atoms with Crippen molar-refractivity contribution in [3.63, 3.8) is 0 Å². The Labute approximate surface area is 190 Å². The number of hydrogen-bond acceptors (Lipinski definition) is 3. The van der Waals surface area contributed by atoms with Gasteiger partial charge in [0.2, 0.25) is 0 Å². The molecule has 0 unspecified atom stereocenters. The van der Waals surface area contributed by atoms with Crippen LogP contribution in [0.15, 0.2) is 78.9 Å². The highest BCUT2D eigenvalue weighted by molar-refractivity contribution is 5.98. The van der Waals surface area contributed by atoms with Gasteiger partial charge in [-0.2, -0.15) is 0 Å². The molecule has 3 atom stereocenters. The number of carbonyl (C=O) groups excluding carboxylic acids is 1. The molecule has 0 bridgehead atoms. The van der Waals surface area contributed by atoms with E-state index in [2.05, 4.69) is 42.2 Å². The highest BCUT2D eigenvalue weighted by Crippen LogP contribution is 2.45. The fourth-order valence-corrected chi connectivity index (χ4v) is 5.86. The van der Waals surface area contributed by atoms with Gasteiger partial charge in [0.15, 0.2) is 5.78 Å². The molecular weight excluding hydrogens is 394 g/mol. The van der Waals surface area contributed by atoms with Crippen molar-refractivity contribution < 1.29 is 9.90 Å². The highest BCUT2D eigenvalue weighted by Gasteiger charge is 2.48. The molecule has 1 saturated carbocycles. The van der Waals surface area contributed by atoms with Gasteiger partial charge >= 0.3 is 0 Å². The molecule has 32 heavy (non-hydrogen) atoms. The number of likely N-dealkylation sites (tertiary alicyclic amines) is 1. The molecule has 1 aliphatic carbocycles. The Morgan fingerprint density at radius 3 is 2.34 bits per heavy atom. The van der Waals surface area contributed by atoms with Crippen LogP contribution < -0.4 is 0 Å². The van der Waals surface area contributed by atoms with Crippen molar-refractivity contribution in [1.82, 2.24) is 4.90 Å². The summed E-state index contributed by atoms with van der Waals surface area (Å²) in [5.74, 6) is 1.14. The third-order valence-corrected chi connectivity index (χ3v) is 7.32. The summed E-state index contributed by atoms with van der Waals surface area (Å²) in [6, 6.07) is 26.6. The molecule has 0 amide bonds. The lowest BCUT2D eigenvalue weighted by atomic mass is 9.91. The lowest BCUT2D eigenvalue weighted by Gasteiger charge is -2.26. The number of carbonyl (C=O) groups is 1. The van der Waals surface area contributed by atoms with Crippen LogP contribution in [-0.2, 0) is 6.42 Å². The second-order valence-corrected chi connectivity index (χ2v) is 9.83. The summed E-state index contributed by atoms with van der Waals surface area (Å²) in [5, 5.41) is 11.2. The van der Waals surface area contributed by atoms with E-state index in [1.165, 1.54) is 16.7 Å². The summed E-state index contributed by atoms with van der Waals surface area (Å²) in [6.45, 7) is 4.38. The van der Waals surface area contributed by atoms with Crippen molar-refractivity contribution in [2.24, 2.45) is 11.8 Å². The predicted molar refractivity (Wildman–Crippen MR) is 129 cm³/mol. The predicted octanol–water partition coefficient (Wildman–Crippen LogP) is 5.16. The largest absolute Gasteiger partial charge is 0.390 e. The normalized spacial score (nSPS) is 25.1. The van der Waals surface area contributed by atoms with Crippen LogP contribution in [0.2, 0.25) is 0 Å². The van der Waals surface area contributed by atoms with Gasteiger partial charge in [-0.1, -0.05) is 72.8 Å². The van der Waals surface area contributed by atoms with Crippen LogP contribution >= 0.6 is 0 Å². The number of ketones is 1. The SMILES string of the molecule is Cc1ccccc1-c1cccc(C(=O)CN2C[C@@H]3C[C@](O)(Cc4ccccc4)C[C@@H]3C2)c1. The van der Waals surface area contributed by atoms with Crippen molar-refractivity contribution in [3.05, 3.63) is 95.6 Å². The molecule has 3 aromatic carbocycles. The van der Waals surface area contributed by atoms with Gasteiger partial charge < -0.3 is 5.11 Å². The molecular formula is C29H31NO2. The van der Waals surface area contributed by atoms with E-state index in [1.54, 1.807) is 0 Å². The Kier molecular flexibility index (Phi) is 5.71. The molecule has 5 rings (SSSR count). The maximum atomic E-state index is 13.1.